The molecular weight excluding hydrogens is 340 g/mol. The summed E-state index contributed by atoms with van der Waals surface area (Å²) in [4.78, 5) is 12.0. The van der Waals surface area contributed by atoms with E-state index in [1.165, 1.54) is 11.1 Å². The number of hydrogen-bond donors (Lipinski definition) is 1. The van der Waals surface area contributed by atoms with E-state index in [-0.39, 0.29) is 24.1 Å². The molecule has 1 N–H and O–H groups in total. The zero-order valence-electron chi connectivity index (χ0n) is 16.3. The van der Waals surface area contributed by atoms with E-state index in [4.69, 9.17) is 14.6 Å². The van der Waals surface area contributed by atoms with Gasteiger partial charge in [-0.05, 0) is 75.9 Å². The Kier molecular flexibility index (Phi) is 5.98. The van der Waals surface area contributed by atoms with Gasteiger partial charge in [0.2, 0.25) is 0 Å². The predicted octanol–water partition coefficient (Wildman–Crippen LogP) is 5.24. The van der Waals surface area contributed by atoms with Crippen LogP contribution in [-0.4, -0.2) is 23.1 Å². The molecule has 0 aliphatic heterocycles. The largest absolute Gasteiger partial charge is 0.457 e. The monoisotopic (exact) mass is 368 g/mol. The highest BCUT2D eigenvalue weighted by atomic mass is 16.5. The lowest BCUT2D eigenvalue weighted by molar-refractivity contribution is -0.0605. The lowest BCUT2D eigenvalue weighted by Gasteiger charge is -2.25. The molecule has 0 saturated heterocycles. The van der Waals surface area contributed by atoms with Gasteiger partial charge in [-0.15, -0.1) is 0 Å². The van der Waals surface area contributed by atoms with Crippen molar-refractivity contribution in [2.75, 3.05) is 6.61 Å². The molecule has 144 valence electrons. The van der Waals surface area contributed by atoms with Crippen molar-refractivity contribution in [3.05, 3.63) is 59.2 Å². The first kappa shape index (κ1) is 19.6. The highest BCUT2D eigenvalue weighted by molar-refractivity contribution is 5.96. The molecule has 2 aromatic rings. The second-order valence-corrected chi connectivity index (χ2v) is 7.96. The summed E-state index contributed by atoms with van der Waals surface area (Å²) in [5, 5.41) is 8.85. The van der Waals surface area contributed by atoms with Crippen molar-refractivity contribution in [1.82, 2.24) is 0 Å². The van der Waals surface area contributed by atoms with Crippen molar-refractivity contribution in [3.63, 3.8) is 0 Å². The van der Waals surface area contributed by atoms with Gasteiger partial charge in [0.1, 0.15) is 11.5 Å². The summed E-state index contributed by atoms with van der Waals surface area (Å²) in [7, 11) is 0. The Hall–Kier alpha value is -2.17. The fourth-order valence-electron chi connectivity index (χ4n) is 3.45. The van der Waals surface area contributed by atoms with Crippen LogP contribution < -0.4 is 4.74 Å². The van der Waals surface area contributed by atoms with Gasteiger partial charge in [-0.25, -0.2) is 0 Å². The second-order valence-electron chi connectivity index (χ2n) is 7.96. The van der Waals surface area contributed by atoms with Crippen LogP contribution >= 0.6 is 0 Å². The Morgan fingerprint density at radius 3 is 2.56 bits per heavy atom. The molecule has 4 nitrogen and oxygen atoms in total. The van der Waals surface area contributed by atoms with Gasteiger partial charge >= 0.3 is 0 Å². The highest BCUT2D eigenvalue weighted by Gasteiger charge is 2.29. The Bertz CT molecular complexity index is 787. The number of benzene rings is 2. The maximum atomic E-state index is 12.0. The molecule has 2 aromatic carbocycles. The van der Waals surface area contributed by atoms with Crippen LogP contribution in [0, 0.1) is 0 Å². The van der Waals surface area contributed by atoms with Crippen molar-refractivity contribution in [1.29, 1.82) is 0 Å². The van der Waals surface area contributed by atoms with E-state index in [9.17, 15) is 4.79 Å². The molecule has 0 unspecified atom stereocenters. The summed E-state index contributed by atoms with van der Waals surface area (Å²) in [5.74, 6) is 1.60. The summed E-state index contributed by atoms with van der Waals surface area (Å²) in [6, 6.07) is 13.3. The van der Waals surface area contributed by atoms with E-state index >= 15 is 0 Å². The summed E-state index contributed by atoms with van der Waals surface area (Å²) >= 11 is 0. The van der Waals surface area contributed by atoms with E-state index in [2.05, 4.69) is 26.8 Å². The predicted molar refractivity (Wildman–Crippen MR) is 106 cm³/mol. The van der Waals surface area contributed by atoms with E-state index in [0.717, 1.165) is 18.6 Å². The molecule has 0 heterocycles. The highest BCUT2D eigenvalue weighted by Crippen LogP contribution is 2.42. The number of hydrogen-bond acceptors (Lipinski definition) is 4. The van der Waals surface area contributed by atoms with E-state index in [1.807, 2.05) is 24.3 Å². The van der Waals surface area contributed by atoms with Gasteiger partial charge in [0, 0.05) is 24.2 Å². The number of carbonyl (C=O) groups is 1. The average molecular weight is 368 g/mol. The molecule has 1 atom stereocenters. The third-order valence-electron chi connectivity index (χ3n) is 4.63. The van der Waals surface area contributed by atoms with E-state index in [1.54, 1.807) is 12.1 Å². The minimum atomic E-state index is -0.179. The van der Waals surface area contributed by atoms with Gasteiger partial charge in [0.25, 0.3) is 0 Å². The maximum Gasteiger partial charge on any atom is 0.162 e. The molecule has 0 bridgehead atoms. The number of fused-ring (bicyclic) bond motifs is 1. The topological polar surface area (TPSA) is 55.8 Å². The average Bonchev–Trinajstić information content (AvgIpc) is 3.02. The quantitative estimate of drug-likeness (QED) is 0.679. The molecule has 3 rings (SSSR count). The molecule has 0 fully saturated rings. The molecule has 27 heavy (non-hydrogen) atoms. The lowest BCUT2D eigenvalue weighted by Crippen LogP contribution is -2.21. The molecule has 0 amide bonds. The van der Waals surface area contributed by atoms with Crippen molar-refractivity contribution >= 4 is 5.78 Å². The van der Waals surface area contributed by atoms with Gasteiger partial charge in [0.15, 0.2) is 5.78 Å². The fraction of sp³-hybridized carbons (Fsp3) is 0.435. The van der Waals surface area contributed by atoms with E-state index in [0.29, 0.717) is 24.2 Å². The number of aliphatic hydroxyl groups excluding tert-OH is 1. The summed E-state index contributed by atoms with van der Waals surface area (Å²) in [6.07, 6.45) is 2.85. The zero-order chi connectivity index (χ0) is 19.4. The SMILES string of the molecule is CC(C)(C)O[C@@H]1CCc2c(Oc3ccc(C(=O)CCCO)cc3)cccc21. The fourth-order valence-corrected chi connectivity index (χ4v) is 3.45. The Labute approximate surface area is 161 Å². The smallest absolute Gasteiger partial charge is 0.162 e. The number of ether oxygens (including phenoxy) is 2. The second kappa shape index (κ2) is 8.24. The molecular formula is C23H28O4. The van der Waals surface area contributed by atoms with Gasteiger partial charge in [-0.1, -0.05) is 12.1 Å². The first-order chi connectivity index (χ1) is 12.9. The zero-order valence-corrected chi connectivity index (χ0v) is 16.3. The van der Waals surface area contributed by atoms with Gasteiger partial charge in [-0.2, -0.15) is 0 Å². The van der Waals surface area contributed by atoms with Crippen LogP contribution in [0.15, 0.2) is 42.5 Å². The number of ketones is 1. The number of aliphatic hydroxyl groups is 1. The molecule has 1 aliphatic rings. The number of rotatable bonds is 7. The Balaban J connectivity index is 1.73. The van der Waals surface area contributed by atoms with Gasteiger partial charge in [-0.3, -0.25) is 4.79 Å². The third-order valence-corrected chi connectivity index (χ3v) is 4.63. The van der Waals surface area contributed by atoms with Crippen molar-refractivity contribution in [2.45, 2.75) is 58.2 Å². The first-order valence-corrected chi connectivity index (χ1v) is 9.59. The summed E-state index contributed by atoms with van der Waals surface area (Å²) in [6.45, 7) is 6.27. The molecule has 0 radical (unpaired) electrons. The van der Waals surface area contributed by atoms with Gasteiger partial charge in [0.05, 0.1) is 11.7 Å². The minimum Gasteiger partial charge on any atom is -0.457 e. The van der Waals surface area contributed by atoms with Crippen LogP contribution in [-0.2, 0) is 11.2 Å². The third kappa shape index (κ3) is 4.96. The Morgan fingerprint density at radius 1 is 1.15 bits per heavy atom. The van der Waals surface area contributed by atoms with Crippen molar-refractivity contribution < 1.29 is 19.4 Å². The summed E-state index contributed by atoms with van der Waals surface area (Å²) in [5.41, 5.74) is 2.88. The molecule has 4 heteroatoms. The summed E-state index contributed by atoms with van der Waals surface area (Å²) < 4.78 is 12.3. The Morgan fingerprint density at radius 2 is 1.89 bits per heavy atom. The molecule has 0 spiro atoms. The lowest BCUT2D eigenvalue weighted by atomic mass is 10.1. The number of Topliss-reactive ketones (excluding diaryl/α,β-unsaturated/α-hetero) is 1. The van der Waals surface area contributed by atoms with Crippen molar-refractivity contribution in [2.24, 2.45) is 0 Å². The van der Waals surface area contributed by atoms with Crippen LogP contribution in [0.25, 0.3) is 0 Å². The van der Waals surface area contributed by atoms with Crippen LogP contribution in [0.1, 0.15) is 67.6 Å². The molecule has 1 aliphatic carbocycles. The minimum absolute atomic E-state index is 0.0337. The number of carbonyl (C=O) groups excluding carboxylic acids is 1. The first-order valence-electron chi connectivity index (χ1n) is 9.59. The van der Waals surface area contributed by atoms with E-state index < -0.39 is 0 Å². The van der Waals surface area contributed by atoms with Crippen LogP contribution in [0.3, 0.4) is 0 Å². The van der Waals surface area contributed by atoms with Crippen LogP contribution in [0.2, 0.25) is 0 Å². The van der Waals surface area contributed by atoms with Gasteiger partial charge < -0.3 is 14.6 Å². The molecule has 0 saturated carbocycles. The maximum absolute atomic E-state index is 12.0. The van der Waals surface area contributed by atoms with Crippen LogP contribution in [0.5, 0.6) is 11.5 Å². The van der Waals surface area contributed by atoms with Crippen LogP contribution in [0.4, 0.5) is 0 Å². The standard InChI is InChI=1S/C23H28O4/c1-23(2,3)27-22-14-13-19-18(22)6-4-8-21(19)26-17-11-9-16(10-12-17)20(25)7-5-15-24/h4,6,8-12,22,24H,5,7,13-15H2,1-3H3/t22-/m1/s1. The molecule has 0 aromatic heterocycles. The van der Waals surface area contributed by atoms with Crippen molar-refractivity contribution in [3.8, 4) is 11.5 Å². The normalized spacial score (nSPS) is 16.2.